The van der Waals surface area contributed by atoms with Gasteiger partial charge in [-0.1, -0.05) is 15.9 Å². The fraction of sp³-hybridized carbons (Fsp3) is 0.154. The van der Waals surface area contributed by atoms with Gasteiger partial charge in [0.05, 0.1) is 4.47 Å². The first-order valence-corrected chi connectivity index (χ1v) is 7.36. The summed E-state index contributed by atoms with van der Waals surface area (Å²) in [5.41, 5.74) is 1.94. The van der Waals surface area contributed by atoms with E-state index >= 15 is 0 Å². The molecule has 0 unspecified atom stereocenters. The molecule has 0 atom stereocenters. The SMILES string of the molecule is Cc1cc(CCl)cnc1Oc1ccc(Br)cc1Br. The highest BCUT2D eigenvalue weighted by atomic mass is 79.9. The molecule has 0 saturated heterocycles. The van der Waals surface area contributed by atoms with Gasteiger partial charge in [0.2, 0.25) is 5.88 Å². The van der Waals surface area contributed by atoms with Gasteiger partial charge < -0.3 is 4.74 Å². The number of hydrogen-bond acceptors (Lipinski definition) is 2. The molecule has 0 amide bonds. The van der Waals surface area contributed by atoms with Crippen molar-refractivity contribution in [1.29, 1.82) is 0 Å². The molecule has 0 aliphatic rings. The lowest BCUT2D eigenvalue weighted by molar-refractivity contribution is 0.455. The molecule has 2 aromatic rings. The van der Waals surface area contributed by atoms with E-state index in [0.717, 1.165) is 25.8 Å². The molecule has 94 valence electrons. The molecule has 1 heterocycles. The quantitative estimate of drug-likeness (QED) is 0.650. The van der Waals surface area contributed by atoms with Gasteiger partial charge in [-0.3, -0.25) is 0 Å². The molecule has 0 fully saturated rings. The smallest absolute Gasteiger partial charge is 0.222 e. The number of pyridine rings is 1. The van der Waals surface area contributed by atoms with Crippen molar-refractivity contribution in [2.45, 2.75) is 12.8 Å². The maximum atomic E-state index is 5.77. The number of nitrogens with zero attached hydrogens (tertiary/aromatic N) is 1. The van der Waals surface area contributed by atoms with Crippen LogP contribution in [0.2, 0.25) is 0 Å². The summed E-state index contributed by atoms with van der Waals surface area (Å²) in [4.78, 5) is 4.27. The Balaban J connectivity index is 2.28. The fourth-order valence-electron chi connectivity index (χ4n) is 1.46. The lowest BCUT2D eigenvalue weighted by Crippen LogP contribution is -1.93. The van der Waals surface area contributed by atoms with Crippen molar-refractivity contribution in [3.05, 3.63) is 50.5 Å². The van der Waals surface area contributed by atoms with Crippen molar-refractivity contribution in [2.75, 3.05) is 0 Å². The second-order valence-electron chi connectivity index (χ2n) is 3.78. The van der Waals surface area contributed by atoms with E-state index < -0.39 is 0 Å². The van der Waals surface area contributed by atoms with Gasteiger partial charge in [-0.2, -0.15) is 0 Å². The summed E-state index contributed by atoms with van der Waals surface area (Å²) in [7, 11) is 0. The Morgan fingerprint density at radius 1 is 1.28 bits per heavy atom. The van der Waals surface area contributed by atoms with E-state index in [4.69, 9.17) is 16.3 Å². The third-order valence-corrected chi connectivity index (χ3v) is 3.76. The van der Waals surface area contributed by atoms with Crippen LogP contribution in [0.1, 0.15) is 11.1 Å². The van der Waals surface area contributed by atoms with Crippen LogP contribution in [0.3, 0.4) is 0 Å². The Labute approximate surface area is 128 Å². The lowest BCUT2D eigenvalue weighted by atomic mass is 10.2. The highest BCUT2D eigenvalue weighted by Crippen LogP contribution is 2.32. The highest BCUT2D eigenvalue weighted by Gasteiger charge is 2.07. The molecule has 1 aromatic carbocycles. The average molecular weight is 391 g/mol. The molecule has 5 heteroatoms. The molecule has 0 N–H and O–H groups in total. The number of halogens is 3. The standard InChI is InChI=1S/C13H10Br2ClNO/c1-8-4-9(6-16)7-17-13(8)18-12-3-2-10(14)5-11(12)15/h2-5,7H,6H2,1H3. The van der Waals surface area contributed by atoms with Crippen molar-refractivity contribution in [3.8, 4) is 11.6 Å². The molecule has 0 saturated carbocycles. The van der Waals surface area contributed by atoms with E-state index in [9.17, 15) is 0 Å². The minimum Gasteiger partial charge on any atom is -0.438 e. The maximum absolute atomic E-state index is 5.77. The second-order valence-corrected chi connectivity index (χ2v) is 5.81. The van der Waals surface area contributed by atoms with Crippen molar-refractivity contribution in [3.63, 3.8) is 0 Å². The number of alkyl halides is 1. The van der Waals surface area contributed by atoms with E-state index in [1.54, 1.807) is 6.20 Å². The topological polar surface area (TPSA) is 22.1 Å². The lowest BCUT2D eigenvalue weighted by Gasteiger charge is -2.10. The summed E-state index contributed by atoms with van der Waals surface area (Å²) in [5, 5.41) is 0. The van der Waals surface area contributed by atoms with Crippen LogP contribution in [0.15, 0.2) is 39.4 Å². The highest BCUT2D eigenvalue weighted by molar-refractivity contribution is 9.11. The van der Waals surface area contributed by atoms with Crippen LogP contribution < -0.4 is 4.74 Å². The van der Waals surface area contributed by atoms with Crippen molar-refractivity contribution in [2.24, 2.45) is 0 Å². The zero-order valence-electron chi connectivity index (χ0n) is 9.58. The zero-order valence-corrected chi connectivity index (χ0v) is 13.5. The Kier molecular flexibility index (Phi) is 4.65. The molecule has 0 aliphatic heterocycles. The summed E-state index contributed by atoms with van der Waals surface area (Å²) in [6.45, 7) is 1.95. The molecule has 0 radical (unpaired) electrons. The van der Waals surface area contributed by atoms with Crippen LogP contribution in [0.5, 0.6) is 11.6 Å². The summed E-state index contributed by atoms with van der Waals surface area (Å²) in [6.07, 6.45) is 1.72. The number of hydrogen-bond donors (Lipinski definition) is 0. The first-order chi connectivity index (χ1) is 8.60. The van der Waals surface area contributed by atoms with Crippen LogP contribution in [0, 0.1) is 6.92 Å². The number of aromatic nitrogens is 1. The number of ether oxygens (including phenoxy) is 1. The zero-order chi connectivity index (χ0) is 13.1. The van der Waals surface area contributed by atoms with Crippen LogP contribution in [0.25, 0.3) is 0 Å². The van der Waals surface area contributed by atoms with Gasteiger partial charge in [0.25, 0.3) is 0 Å². The largest absolute Gasteiger partial charge is 0.438 e. The second kappa shape index (κ2) is 6.04. The normalized spacial score (nSPS) is 10.4. The Hall–Kier alpha value is -0.580. The molecule has 0 bridgehead atoms. The summed E-state index contributed by atoms with van der Waals surface area (Å²) in [5.74, 6) is 1.77. The maximum Gasteiger partial charge on any atom is 0.222 e. The molecular formula is C13H10Br2ClNO. The van der Waals surface area contributed by atoms with Crippen LogP contribution in [0.4, 0.5) is 0 Å². The number of benzene rings is 1. The van der Waals surface area contributed by atoms with E-state index in [2.05, 4.69) is 36.8 Å². The molecule has 1 aromatic heterocycles. The Bertz CT molecular complexity index is 575. The predicted octanol–water partition coefficient (Wildman–Crippen LogP) is 5.45. The summed E-state index contributed by atoms with van der Waals surface area (Å²) >= 11 is 12.6. The van der Waals surface area contributed by atoms with Gasteiger partial charge in [0.15, 0.2) is 0 Å². The van der Waals surface area contributed by atoms with Gasteiger partial charge >= 0.3 is 0 Å². The van der Waals surface area contributed by atoms with Gasteiger partial charge in [-0.05, 0) is 52.7 Å². The Morgan fingerprint density at radius 2 is 2.06 bits per heavy atom. The summed E-state index contributed by atoms with van der Waals surface area (Å²) in [6, 6.07) is 7.70. The van der Waals surface area contributed by atoms with Gasteiger partial charge in [-0.25, -0.2) is 4.98 Å². The number of aryl methyl sites for hydroxylation is 1. The minimum absolute atomic E-state index is 0.454. The van der Waals surface area contributed by atoms with E-state index in [-0.39, 0.29) is 0 Å². The van der Waals surface area contributed by atoms with Crippen molar-refractivity contribution >= 4 is 43.5 Å². The molecule has 18 heavy (non-hydrogen) atoms. The first-order valence-electron chi connectivity index (χ1n) is 5.24. The minimum atomic E-state index is 0.454. The van der Waals surface area contributed by atoms with E-state index in [0.29, 0.717) is 11.8 Å². The van der Waals surface area contributed by atoms with Crippen LogP contribution in [-0.4, -0.2) is 4.98 Å². The molecule has 0 aliphatic carbocycles. The van der Waals surface area contributed by atoms with Crippen LogP contribution >= 0.6 is 43.5 Å². The summed E-state index contributed by atoms with van der Waals surface area (Å²) < 4.78 is 7.64. The third kappa shape index (κ3) is 3.25. The van der Waals surface area contributed by atoms with Gasteiger partial charge in [0.1, 0.15) is 5.75 Å². The molecule has 2 nitrogen and oxygen atoms in total. The third-order valence-electron chi connectivity index (χ3n) is 2.34. The fourth-order valence-corrected chi connectivity index (χ4v) is 2.74. The van der Waals surface area contributed by atoms with E-state index in [1.807, 2.05) is 31.2 Å². The molecular weight excluding hydrogens is 381 g/mol. The van der Waals surface area contributed by atoms with Crippen molar-refractivity contribution in [1.82, 2.24) is 4.98 Å². The van der Waals surface area contributed by atoms with Crippen LogP contribution in [-0.2, 0) is 5.88 Å². The molecule has 0 spiro atoms. The van der Waals surface area contributed by atoms with Gasteiger partial charge in [-0.15, -0.1) is 11.6 Å². The predicted molar refractivity (Wildman–Crippen MR) is 80.4 cm³/mol. The monoisotopic (exact) mass is 389 g/mol. The number of rotatable bonds is 3. The van der Waals surface area contributed by atoms with E-state index in [1.165, 1.54) is 0 Å². The average Bonchev–Trinajstić information content (AvgIpc) is 2.34. The molecule has 2 rings (SSSR count). The van der Waals surface area contributed by atoms with Crippen molar-refractivity contribution < 1.29 is 4.74 Å². The van der Waals surface area contributed by atoms with Gasteiger partial charge in [0, 0.05) is 22.1 Å². The Morgan fingerprint density at radius 3 is 2.67 bits per heavy atom. The first kappa shape index (κ1) is 13.8.